The summed E-state index contributed by atoms with van der Waals surface area (Å²) in [5.74, 6) is 1.03. The fourth-order valence-electron chi connectivity index (χ4n) is 2.60. The summed E-state index contributed by atoms with van der Waals surface area (Å²) in [5, 5.41) is 4.85. The van der Waals surface area contributed by atoms with Crippen LogP contribution >= 0.6 is 11.3 Å². The van der Waals surface area contributed by atoms with Gasteiger partial charge in [-0.3, -0.25) is 4.18 Å². The standard InChI is InChI=1S/C19H18N4O4S2/c1-13-2-5-15(6-3-13)29(24,25)27-11-10-26-14-4-7-16-17(12-14)28-19(21-16)23-9-8-18(20)22-23/h2-9,12H,10-11H2,1H3,(H2,20,22). The predicted octanol–water partition coefficient (Wildman–Crippen LogP) is 3.16. The molecule has 150 valence electrons. The molecule has 0 aliphatic heterocycles. The lowest BCUT2D eigenvalue weighted by Gasteiger charge is -2.08. The van der Waals surface area contributed by atoms with Crippen molar-refractivity contribution < 1.29 is 17.3 Å². The summed E-state index contributed by atoms with van der Waals surface area (Å²) in [5.41, 5.74) is 7.43. The minimum atomic E-state index is -3.80. The number of benzene rings is 2. The van der Waals surface area contributed by atoms with Gasteiger partial charge in [0.2, 0.25) is 5.13 Å². The number of aromatic nitrogens is 3. The van der Waals surface area contributed by atoms with Gasteiger partial charge in [0.05, 0.1) is 15.1 Å². The van der Waals surface area contributed by atoms with E-state index in [2.05, 4.69) is 10.1 Å². The van der Waals surface area contributed by atoms with E-state index >= 15 is 0 Å². The Balaban J connectivity index is 1.38. The zero-order chi connectivity index (χ0) is 20.4. The molecule has 0 atom stereocenters. The first-order valence-corrected chi connectivity index (χ1v) is 10.9. The summed E-state index contributed by atoms with van der Waals surface area (Å²) in [6.07, 6.45) is 1.75. The molecular weight excluding hydrogens is 412 g/mol. The van der Waals surface area contributed by atoms with Crippen LogP contribution in [0.5, 0.6) is 5.75 Å². The first-order chi connectivity index (χ1) is 13.9. The topological polar surface area (TPSA) is 109 Å². The van der Waals surface area contributed by atoms with Crippen molar-refractivity contribution in [2.75, 3.05) is 18.9 Å². The lowest BCUT2D eigenvalue weighted by Crippen LogP contribution is -2.13. The Morgan fingerprint density at radius 2 is 1.90 bits per heavy atom. The summed E-state index contributed by atoms with van der Waals surface area (Å²) in [6, 6.07) is 13.6. The molecule has 4 aromatic rings. The fourth-order valence-corrected chi connectivity index (χ4v) is 4.42. The Morgan fingerprint density at radius 1 is 1.10 bits per heavy atom. The van der Waals surface area contributed by atoms with Crippen molar-refractivity contribution in [1.82, 2.24) is 14.8 Å². The number of nitrogens with two attached hydrogens (primary N) is 1. The summed E-state index contributed by atoms with van der Waals surface area (Å²) in [6.45, 7) is 1.89. The maximum atomic E-state index is 12.2. The first kappa shape index (κ1) is 19.4. The molecule has 0 aliphatic rings. The number of hydrogen-bond donors (Lipinski definition) is 1. The quantitative estimate of drug-likeness (QED) is 0.354. The van der Waals surface area contributed by atoms with Crippen LogP contribution in [0.4, 0.5) is 5.82 Å². The van der Waals surface area contributed by atoms with E-state index in [-0.39, 0.29) is 18.1 Å². The first-order valence-electron chi connectivity index (χ1n) is 8.72. The van der Waals surface area contributed by atoms with Gasteiger partial charge in [-0.2, -0.15) is 8.42 Å². The minimum absolute atomic E-state index is 0.0885. The van der Waals surface area contributed by atoms with Gasteiger partial charge in [-0.25, -0.2) is 9.67 Å². The molecule has 0 bridgehead atoms. The fraction of sp³-hybridized carbons (Fsp3) is 0.158. The van der Waals surface area contributed by atoms with Gasteiger partial charge in [-0.05, 0) is 37.3 Å². The van der Waals surface area contributed by atoms with Crippen LogP contribution in [0.25, 0.3) is 15.3 Å². The smallest absolute Gasteiger partial charge is 0.297 e. The molecule has 8 nitrogen and oxygen atoms in total. The van der Waals surface area contributed by atoms with Gasteiger partial charge in [0.15, 0.2) is 0 Å². The SMILES string of the molecule is Cc1ccc(S(=O)(=O)OCCOc2ccc3nc(-n4ccc(N)n4)sc3c2)cc1. The maximum Gasteiger partial charge on any atom is 0.297 e. The Labute approximate surface area is 171 Å². The van der Waals surface area contributed by atoms with Gasteiger partial charge in [0.25, 0.3) is 10.1 Å². The number of thiazole rings is 1. The maximum absolute atomic E-state index is 12.2. The van der Waals surface area contributed by atoms with Crippen LogP contribution in [0.1, 0.15) is 5.56 Å². The van der Waals surface area contributed by atoms with Gasteiger partial charge < -0.3 is 10.5 Å². The highest BCUT2D eigenvalue weighted by Gasteiger charge is 2.15. The van der Waals surface area contributed by atoms with E-state index in [9.17, 15) is 8.42 Å². The Hall–Kier alpha value is -2.95. The molecule has 0 saturated heterocycles. The van der Waals surface area contributed by atoms with E-state index in [1.54, 1.807) is 35.1 Å². The summed E-state index contributed by atoms with van der Waals surface area (Å²) >= 11 is 1.45. The van der Waals surface area contributed by atoms with Crippen molar-refractivity contribution >= 4 is 37.5 Å². The molecule has 2 aromatic heterocycles. The van der Waals surface area contributed by atoms with Crippen LogP contribution < -0.4 is 10.5 Å². The van der Waals surface area contributed by atoms with E-state index in [1.807, 2.05) is 19.1 Å². The third kappa shape index (κ3) is 4.39. The van der Waals surface area contributed by atoms with Gasteiger partial charge in [0, 0.05) is 12.3 Å². The third-order valence-electron chi connectivity index (χ3n) is 4.05. The predicted molar refractivity (Wildman–Crippen MR) is 111 cm³/mol. The minimum Gasteiger partial charge on any atom is -0.491 e. The largest absolute Gasteiger partial charge is 0.491 e. The number of aryl methyl sites for hydroxylation is 1. The molecule has 0 aliphatic carbocycles. The number of rotatable bonds is 7. The van der Waals surface area contributed by atoms with Crippen molar-refractivity contribution in [2.24, 2.45) is 0 Å². The molecular formula is C19H18N4O4S2. The normalized spacial score (nSPS) is 11.8. The van der Waals surface area contributed by atoms with Crippen molar-refractivity contribution in [3.8, 4) is 10.9 Å². The lowest BCUT2D eigenvalue weighted by atomic mass is 10.2. The average Bonchev–Trinajstić information content (AvgIpc) is 3.31. The van der Waals surface area contributed by atoms with Crippen LogP contribution in [-0.2, 0) is 14.3 Å². The molecule has 4 rings (SSSR count). The van der Waals surface area contributed by atoms with E-state index < -0.39 is 10.1 Å². The summed E-state index contributed by atoms with van der Waals surface area (Å²) < 4.78 is 37.5. The Morgan fingerprint density at radius 3 is 2.62 bits per heavy atom. The number of hydrogen-bond acceptors (Lipinski definition) is 8. The second kappa shape index (κ2) is 7.82. The van der Waals surface area contributed by atoms with Gasteiger partial charge in [0.1, 0.15) is 24.8 Å². The Kier molecular flexibility index (Phi) is 5.22. The molecule has 0 radical (unpaired) electrons. The molecule has 0 saturated carbocycles. The zero-order valence-corrected chi connectivity index (χ0v) is 17.1. The summed E-state index contributed by atoms with van der Waals surface area (Å²) in [4.78, 5) is 4.64. The van der Waals surface area contributed by atoms with Crippen LogP contribution in [0, 0.1) is 6.92 Å². The van der Waals surface area contributed by atoms with E-state index in [4.69, 9.17) is 14.7 Å². The van der Waals surface area contributed by atoms with Crippen LogP contribution in [-0.4, -0.2) is 36.4 Å². The van der Waals surface area contributed by atoms with E-state index in [0.717, 1.165) is 15.8 Å². The van der Waals surface area contributed by atoms with Crippen molar-refractivity contribution in [1.29, 1.82) is 0 Å². The highest BCUT2D eigenvalue weighted by Crippen LogP contribution is 2.28. The summed E-state index contributed by atoms with van der Waals surface area (Å²) in [7, 11) is -3.80. The number of ether oxygens (including phenoxy) is 1. The average molecular weight is 431 g/mol. The second-order valence-electron chi connectivity index (χ2n) is 6.25. The van der Waals surface area contributed by atoms with Gasteiger partial charge in [-0.1, -0.05) is 29.0 Å². The van der Waals surface area contributed by atoms with Gasteiger partial charge >= 0.3 is 0 Å². The number of anilines is 1. The van der Waals surface area contributed by atoms with E-state index in [0.29, 0.717) is 16.7 Å². The molecule has 29 heavy (non-hydrogen) atoms. The zero-order valence-electron chi connectivity index (χ0n) is 15.5. The van der Waals surface area contributed by atoms with Crippen molar-refractivity contribution in [3.05, 3.63) is 60.3 Å². The second-order valence-corrected chi connectivity index (χ2v) is 8.87. The van der Waals surface area contributed by atoms with Crippen LogP contribution in [0.3, 0.4) is 0 Å². The highest BCUT2D eigenvalue weighted by molar-refractivity contribution is 7.86. The van der Waals surface area contributed by atoms with Crippen molar-refractivity contribution in [3.63, 3.8) is 0 Å². The number of nitrogens with zero attached hydrogens (tertiary/aromatic N) is 3. The molecule has 2 heterocycles. The monoisotopic (exact) mass is 430 g/mol. The molecule has 0 unspecified atom stereocenters. The van der Waals surface area contributed by atoms with Crippen LogP contribution in [0.2, 0.25) is 0 Å². The number of nitrogen functional groups attached to an aromatic ring is 1. The highest BCUT2D eigenvalue weighted by atomic mass is 32.2. The molecule has 2 N–H and O–H groups in total. The molecule has 10 heteroatoms. The molecule has 0 spiro atoms. The molecule has 0 amide bonds. The molecule has 2 aromatic carbocycles. The number of fused-ring (bicyclic) bond motifs is 1. The third-order valence-corrected chi connectivity index (χ3v) is 6.39. The van der Waals surface area contributed by atoms with Gasteiger partial charge in [-0.15, -0.1) is 5.10 Å². The van der Waals surface area contributed by atoms with E-state index in [1.165, 1.54) is 23.5 Å². The molecule has 0 fully saturated rings. The van der Waals surface area contributed by atoms with Crippen molar-refractivity contribution in [2.45, 2.75) is 11.8 Å². The van der Waals surface area contributed by atoms with Crippen LogP contribution in [0.15, 0.2) is 59.6 Å². The lowest BCUT2D eigenvalue weighted by molar-refractivity contribution is 0.221. The Bertz CT molecular complexity index is 1250.